The molecule has 0 aromatic heterocycles. The van der Waals surface area contributed by atoms with E-state index < -0.39 is 22.2 Å². The van der Waals surface area contributed by atoms with Gasteiger partial charge in [0, 0.05) is 7.11 Å². The zero-order valence-corrected chi connectivity index (χ0v) is 6.62. The summed E-state index contributed by atoms with van der Waals surface area (Å²) in [5.41, 5.74) is 0. The van der Waals surface area contributed by atoms with Crippen LogP contribution in [0, 0.1) is 0 Å². The smallest absolute Gasteiger partial charge is 0.320 e. The first kappa shape index (κ1) is 10.9. The first-order chi connectivity index (χ1) is 4.75. The second-order valence-corrected chi connectivity index (χ2v) is 3.15. The summed E-state index contributed by atoms with van der Waals surface area (Å²) in [4.78, 5) is 0. The van der Waals surface area contributed by atoms with Crippen LogP contribution in [0.5, 0.6) is 0 Å². The zero-order valence-electron chi connectivity index (χ0n) is 5.81. The maximum atomic E-state index is 12.6. The molecule has 0 aliphatic carbocycles. The number of halogens is 3. The maximum absolute atomic E-state index is 12.6. The van der Waals surface area contributed by atoms with Gasteiger partial charge in [0.2, 0.25) is 11.1 Å². The lowest BCUT2D eigenvalue weighted by molar-refractivity contribution is -0.268. The summed E-state index contributed by atoms with van der Waals surface area (Å²) in [6, 6.07) is 0. The highest BCUT2D eigenvalue weighted by molar-refractivity contribution is 7.80. The van der Waals surface area contributed by atoms with Gasteiger partial charge in [-0.2, -0.15) is 8.78 Å². The van der Waals surface area contributed by atoms with Gasteiger partial charge in [0.1, 0.15) is 0 Å². The van der Waals surface area contributed by atoms with E-state index in [9.17, 15) is 17.4 Å². The van der Waals surface area contributed by atoms with Crippen molar-refractivity contribution < 1.29 is 26.7 Å². The van der Waals surface area contributed by atoms with Crippen molar-refractivity contribution in [3.8, 4) is 0 Å². The summed E-state index contributed by atoms with van der Waals surface area (Å²) in [7, 11) is 0.546. The Morgan fingerprint density at radius 2 is 1.82 bits per heavy atom. The van der Waals surface area contributed by atoms with E-state index in [1.54, 1.807) is 0 Å². The standard InChI is InChI=1S/C4H7F3O3S/c1-3(5,11(8)9)4(6,7)10-2/h1-2H3,(H,8,9). The highest BCUT2D eigenvalue weighted by Gasteiger charge is 2.57. The molecule has 0 aliphatic heterocycles. The fraction of sp³-hybridized carbons (Fsp3) is 1.00. The molecule has 2 atom stereocenters. The molecule has 0 bridgehead atoms. The largest absolute Gasteiger partial charge is 0.403 e. The predicted octanol–water partition coefficient (Wildman–Crippen LogP) is 1.13. The Labute approximate surface area is 63.8 Å². The molecule has 0 aromatic carbocycles. The van der Waals surface area contributed by atoms with Gasteiger partial charge >= 0.3 is 6.11 Å². The van der Waals surface area contributed by atoms with Gasteiger partial charge in [0.15, 0.2) is 0 Å². The number of hydrogen-bond donors (Lipinski definition) is 1. The van der Waals surface area contributed by atoms with Crippen LogP contribution in [-0.4, -0.2) is 27.0 Å². The Bertz CT molecular complexity index is 170. The summed E-state index contributed by atoms with van der Waals surface area (Å²) in [6.45, 7) is 0.284. The number of methoxy groups -OCH3 is 1. The van der Waals surface area contributed by atoms with E-state index in [-0.39, 0.29) is 6.92 Å². The normalized spacial score (nSPS) is 20.9. The lowest BCUT2D eigenvalue weighted by Crippen LogP contribution is -2.46. The number of ether oxygens (including phenoxy) is 1. The molecule has 0 aromatic rings. The molecule has 0 saturated carbocycles. The topological polar surface area (TPSA) is 46.5 Å². The minimum absolute atomic E-state index is 0.284. The molecule has 1 N–H and O–H groups in total. The fourth-order valence-corrected chi connectivity index (χ4v) is 0.571. The molecule has 0 fully saturated rings. The maximum Gasteiger partial charge on any atom is 0.403 e. The molecule has 2 unspecified atom stereocenters. The molecule has 7 heteroatoms. The van der Waals surface area contributed by atoms with Crippen molar-refractivity contribution in [2.24, 2.45) is 0 Å². The molecule has 11 heavy (non-hydrogen) atoms. The fourth-order valence-electron chi connectivity index (χ4n) is 0.284. The van der Waals surface area contributed by atoms with Gasteiger partial charge in [-0.05, 0) is 6.92 Å². The Kier molecular flexibility index (Phi) is 3.04. The van der Waals surface area contributed by atoms with Gasteiger partial charge in [-0.25, -0.2) is 8.60 Å². The van der Waals surface area contributed by atoms with Crippen LogP contribution >= 0.6 is 0 Å². The molecule has 0 spiro atoms. The van der Waals surface area contributed by atoms with Gasteiger partial charge in [-0.15, -0.1) is 0 Å². The minimum Gasteiger partial charge on any atom is -0.320 e. The van der Waals surface area contributed by atoms with Crippen LogP contribution in [0.2, 0.25) is 0 Å². The number of hydrogen-bond acceptors (Lipinski definition) is 2. The van der Waals surface area contributed by atoms with Crippen LogP contribution in [0.4, 0.5) is 13.2 Å². The molecule has 0 aliphatic rings. The summed E-state index contributed by atoms with van der Waals surface area (Å²) in [6.07, 6.45) is -4.26. The third kappa shape index (κ3) is 1.91. The molecule has 68 valence electrons. The third-order valence-electron chi connectivity index (χ3n) is 1.10. The van der Waals surface area contributed by atoms with E-state index >= 15 is 0 Å². The third-order valence-corrected chi connectivity index (χ3v) is 2.00. The van der Waals surface area contributed by atoms with Crippen molar-refractivity contribution in [2.75, 3.05) is 7.11 Å². The van der Waals surface area contributed by atoms with E-state index in [1.807, 2.05) is 0 Å². The van der Waals surface area contributed by atoms with Crippen molar-refractivity contribution >= 4 is 11.1 Å². The quantitative estimate of drug-likeness (QED) is 0.682. The summed E-state index contributed by atoms with van der Waals surface area (Å²) in [5, 5.41) is -3.58. The van der Waals surface area contributed by atoms with Crippen molar-refractivity contribution in [3.63, 3.8) is 0 Å². The SMILES string of the molecule is COC(F)(F)C(C)(F)S(=O)O. The molecule has 0 rings (SSSR count). The molecular weight excluding hydrogens is 185 g/mol. The van der Waals surface area contributed by atoms with Crippen molar-refractivity contribution in [2.45, 2.75) is 18.0 Å². The molecule has 3 nitrogen and oxygen atoms in total. The van der Waals surface area contributed by atoms with Gasteiger partial charge in [0.05, 0.1) is 0 Å². The first-order valence-corrected chi connectivity index (χ1v) is 3.59. The summed E-state index contributed by atoms with van der Waals surface area (Å²) in [5.74, 6) is 0. The highest BCUT2D eigenvalue weighted by Crippen LogP contribution is 2.34. The number of alkyl halides is 3. The Morgan fingerprint density at radius 1 is 1.45 bits per heavy atom. The second kappa shape index (κ2) is 3.08. The average molecular weight is 192 g/mol. The monoisotopic (exact) mass is 192 g/mol. The van der Waals surface area contributed by atoms with E-state index in [0.29, 0.717) is 7.11 Å². The molecular formula is C4H7F3O3S. The number of rotatable bonds is 3. The summed E-state index contributed by atoms with van der Waals surface area (Å²) >= 11 is -3.29. The Balaban J connectivity index is 4.67. The average Bonchev–Trinajstić information content (AvgIpc) is 1.87. The van der Waals surface area contributed by atoms with Gasteiger partial charge in [-0.1, -0.05) is 0 Å². The second-order valence-electron chi connectivity index (χ2n) is 1.89. The van der Waals surface area contributed by atoms with Crippen LogP contribution in [-0.2, 0) is 15.8 Å². The van der Waals surface area contributed by atoms with Crippen LogP contribution in [0.1, 0.15) is 6.92 Å². The summed E-state index contributed by atoms with van der Waals surface area (Å²) < 4.78 is 58.5. The lowest BCUT2D eigenvalue weighted by Gasteiger charge is -2.24. The molecule has 0 amide bonds. The molecule has 0 saturated heterocycles. The van der Waals surface area contributed by atoms with Crippen molar-refractivity contribution in [3.05, 3.63) is 0 Å². The van der Waals surface area contributed by atoms with E-state index in [4.69, 9.17) is 4.55 Å². The van der Waals surface area contributed by atoms with Gasteiger partial charge in [0.25, 0.3) is 5.00 Å². The Hall–Kier alpha value is -0.140. The predicted molar refractivity (Wildman–Crippen MR) is 32.2 cm³/mol. The van der Waals surface area contributed by atoms with E-state index in [1.165, 1.54) is 0 Å². The minimum atomic E-state index is -4.26. The zero-order chi connectivity index (χ0) is 9.28. The van der Waals surface area contributed by atoms with E-state index in [0.717, 1.165) is 0 Å². The van der Waals surface area contributed by atoms with E-state index in [2.05, 4.69) is 4.74 Å². The molecule has 0 radical (unpaired) electrons. The van der Waals surface area contributed by atoms with Crippen molar-refractivity contribution in [1.29, 1.82) is 0 Å². The van der Waals surface area contributed by atoms with Crippen molar-refractivity contribution in [1.82, 2.24) is 0 Å². The molecule has 0 heterocycles. The lowest BCUT2D eigenvalue weighted by atomic mass is 10.4. The highest BCUT2D eigenvalue weighted by atomic mass is 32.2. The van der Waals surface area contributed by atoms with Gasteiger partial charge in [-0.3, -0.25) is 0 Å². The Morgan fingerprint density at radius 3 is 1.91 bits per heavy atom. The van der Waals surface area contributed by atoms with Crippen LogP contribution < -0.4 is 0 Å². The van der Waals surface area contributed by atoms with Crippen LogP contribution in [0.3, 0.4) is 0 Å². The first-order valence-electron chi connectivity index (χ1n) is 2.48. The van der Waals surface area contributed by atoms with Crippen LogP contribution in [0.25, 0.3) is 0 Å². The van der Waals surface area contributed by atoms with Crippen LogP contribution in [0.15, 0.2) is 0 Å². The van der Waals surface area contributed by atoms with Gasteiger partial charge < -0.3 is 9.29 Å².